The molecule has 0 saturated heterocycles. The molecule has 0 radical (unpaired) electrons. The Balaban J connectivity index is 2.83. The van der Waals surface area contributed by atoms with Crippen LogP contribution in [0.1, 0.15) is 343 Å². The van der Waals surface area contributed by atoms with Crippen molar-refractivity contribution in [3.63, 3.8) is 0 Å². The Kier molecular flexibility index (Phi) is 33.8. The molecule has 0 aliphatic rings. The van der Waals surface area contributed by atoms with Gasteiger partial charge in [-0.2, -0.15) is 0 Å². The third kappa shape index (κ3) is 22.3. The zero-order chi connectivity index (χ0) is 48.2. The van der Waals surface area contributed by atoms with Gasteiger partial charge in [-0.1, -0.05) is 227 Å². The summed E-state index contributed by atoms with van der Waals surface area (Å²) in [6, 6.07) is 3.30. The van der Waals surface area contributed by atoms with Gasteiger partial charge in [0, 0.05) is 65.1 Å². The lowest BCUT2D eigenvalue weighted by molar-refractivity contribution is 0.0931. The normalized spacial score (nSPS) is 11.5. The molecular weight excluding hydrogens is 817 g/mol. The first-order valence-corrected chi connectivity index (χ1v) is 28.2. The van der Waals surface area contributed by atoms with Crippen molar-refractivity contribution < 1.29 is 29.1 Å². The van der Waals surface area contributed by atoms with Crippen LogP contribution < -0.4 is 0 Å². The summed E-state index contributed by atoms with van der Waals surface area (Å²) in [6.07, 6.45) is 36.9. The molecule has 0 heterocycles. The van der Waals surface area contributed by atoms with E-state index in [1.165, 1.54) is 57.8 Å². The van der Waals surface area contributed by atoms with Gasteiger partial charge in [0.25, 0.3) is 0 Å². The molecule has 0 amide bonds. The van der Waals surface area contributed by atoms with Crippen molar-refractivity contribution in [3.8, 4) is 5.75 Å². The molecule has 2 aromatic carbocycles. The molecule has 1 N–H and O–H groups in total. The van der Waals surface area contributed by atoms with E-state index in [1.807, 2.05) is 0 Å². The van der Waals surface area contributed by atoms with E-state index in [-0.39, 0.29) is 105 Å². The molecule has 0 unspecified atom stereocenters. The molecule has 0 spiro atoms. The van der Waals surface area contributed by atoms with Crippen LogP contribution in [0.5, 0.6) is 5.75 Å². The monoisotopic (exact) mass is 915 g/mol. The molecule has 0 saturated carbocycles. The second-order valence-electron chi connectivity index (χ2n) is 19.9. The maximum Gasteiger partial charge on any atom is 0.167 e. The number of benzene rings is 2. The van der Waals surface area contributed by atoms with E-state index in [4.69, 9.17) is 0 Å². The Labute approximate surface area is 404 Å². The zero-order valence-corrected chi connectivity index (χ0v) is 43.4. The molecule has 0 aromatic heterocycles. The van der Waals surface area contributed by atoms with E-state index >= 15 is 4.79 Å². The van der Waals surface area contributed by atoms with E-state index in [1.54, 1.807) is 12.1 Å². The number of carbonyl (C=O) groups is 5. The summed E-state index contributed by atoms with van der Waals surface area (Å²) in [4.78, 5) is 73.8. The molecule has 0 atom stereocenters. The van der Waals surface area contributed by atoms with Gasteiger partial charge in [-0.25, -0.2) is 0 Å². The lowest BCUT2D eigenvalue weighted by atomic mass is 9.80. The van der Waals surface area contributed by atoms with E-state index in [2.05, 4.69) is 34.6 Å². The average Bonchev–Trinajstić information content (AvgIpc) is 3.31. The Morgan fingerprint density at radius 1 is 0.303 bits per heavy atom. The summed E-state index contributed by atoms with van der Waals surface area (Å²) in [7, 11) is 0. The number of fused-ring (bicyclic) bond motifs is 1. The third-order valence-electron chi connectivity index (χ3n) is 13.9. The van der Waals surface area contributed by atoms with Crippen LogP contribution in [0.15, 0.2) is 12.1 Å². The second kappa shape index (κ2) is 37.8. The molecule has 0 bridgehead atoms. The predicted octanol–water partition coefficient (Wildman–Crippen LogP) is 19.2. The number of aromatic hydroxyl groups is 1. The molecule has 6 nitrogen and oxygen atoms in total. The molecule has 374 valence electrons. The zero-order valence-electron chi connectivity index (χ0n) is 43.4. The van der Waals surface area contributed by atoms with Gasteiger partial charge in [0.2, 0.25) is 0 Å². The molecule has 0 aliphatic carbocycles. The first-order valence-electron chi connectivity index (χ1n) is 28.2. The largest absolute Gasteiger partial charge is 0.507 e. The standard InChI is InChI=1S/C60H98O6/c1-6-11-16-21-26-31-36-41-50(61)48-46-47-49-56(55(48)51(62)42-37-32-27-22-17-12-7-2)57(52(63)43-38-33-28-23-18-13-8-3)58(53(64)44-39-34-29-24-19-14-9-4)59(60(49)66)54(65)45-40-35-30-25-20-15-10-5/h46-47,66H,6-45H2,1-5H3. The fourth-order valence-corrected chi connectivity index (χ4v) is 9.76. The van der Waals surface area contributed by atoms with Gasteiger partial charge in [-0.15, -0.1) is 0 Å². The number of phenols is 1. The minimum atomic E-state index is -0.329. The number of ketones is 5. The Morgan fingerprint density at radius 2 is 0.561 bits per heavy atom. The van der Waals surface area contributed by atoms with Crippen molar-refractivity contribution in [2.75, 3.05) is 0 Å². The van der Waals surface area contributed by atoms with Crippen LogP contribution in [-0.2, 0) is 0 Å². The van der Waals surface area contributed by atoms with Crippen LogP contribution in [0.4, 0.5) is 0 Å². The van der Waals surface area contributed by atoms with Crippen LogP contribution in [0.2, 0.25) is 0 Å². The van der Waals surface area contributed by atoms with Gasteiger partial charge in [-0.05, 0) is 44.2 Å². The highest BCUT2D eigenvalue weighted by atomic mass is 16.3. The summed E-state index contributed by atoms with van der Waals surface area (Å²) < 4.78 is 0. The number of phenolic OH excluding ortho intramolecular Hbond substituents is 1. The average molecular weight is 915 g/mol. The van der Waals surface area contributed by atoms with Crippen molar-refractivity contribution in [3.05, 3.63) is 39.9 Å². The summed E-state index contributed by atoms with van der Waals surface area (Å²) in [6.45, 7) is 11.0. The lowest BCUT2D eigenvalue weighted by Gasteiger charge is -2.22. The van der Waals surface area contributed by atoms with Crippen molar-refractivity contribution >= 4 is 39.7 Å². The number of carbonyl (C=O) groups excluding carboxylic acids is 5. The highest BCUT2D eigenvalue weighted by Crippen LogP contribution is 2.42. The SMILES string of the molecule is CCCCCCCCCC(=O)c1ccc2c(O)c(C(=O)CCCCCCCCC)c(C(=O)CCCCCCCCC)c(C(=O)CCCCCCCCC)c2c1C(=O)CCCCCCCCC. The highest BCUT2D eigenvalue weighted by molar-refractivity contribution is 6.28. The minimum absolute atomic E-state index is 0.00599. The van der Waals surface area contributed by atoms with Gasteiger partial charge < -0.3 is 5.11 Å². The Hall–Kier alpha value is -3.15. The van der Waals surface area contributed by atoms with Gasteiger partial charge in [-0.3, -0.25) is 24.0 Å². The van der Waals surface area contributed by atoms with Gasteiger partial charge >= 0.3 is 0 Å². The molecule has 2 rings (SSSR count). The predicted molar refractivity (Wildman–Crippen MR) is 280 cm³/mol. The van der Waals surface area contributed by atoms with Crippen LogP contribution in [-0.4, -0.2) is 34.0 Å². The molecule has 0 aliphatic heterocycles. The minimum Gasteiger partial charge on any atom is -0.507 e. The number of hydrogen-bond acceptors (Lipinski definition) is 6. The van der Waals surface area contributed by atoms with Crippen molar-refractivity contribution in [2.45, 2.75) is 291 Å². The number of Topliss-reactive ketones (excluding diaryl/α,β-unsaturated/α-hetero) is 5. The molecule has 66 heavy (non-hydrogen) atoms. The van der Waals surface area contributed by atoms with Gasteiger partial charge in [0.05, 0.1) is 5.56 Å². The quantitative estimate of drug-likeness (QED) is 0.0524. The first-order chi connectivity index (χ1) is 32.2. The van der Waals surface area contributed by atoms with Gasteiger partial charge in [0.15, 0.2) is 28.9 Å². The summed E-state index contributed by atoms with van der Waals surface area (Å²) in [5, 5.41) is 12.8. The maximum absolute atomic E-state index is 15.1. The summed E-state index contributed by atoms with van der Waals surface area (Å²) >= 11 is 0. The number of rotatable bonds is 45. The smallest absolute Gasteiger partial charge is 0.167 e. The van der Waals surface area contributed by atoms with Crippen LogP contribution in [0, 0.1) is 0 Å². The number of unbranched alkanes of at least 4 members (excludes halogenated alkanes) is 30. The van der Waals surface area contributed by atoms with Gasteiger partial charge in [0.1, 0.15) is 5.75 Å². The van der Waals surface area contributed by atoms with Crippen molar-refractivity contribution in [1.29, 1.82) is 0 Å². The summed E-state index contributed by atoms with van der Waals surface area (Å²) in [5.74, 6) is -1.63. The molecule has 0 fully saturated rings. The first kappa shape index (κ1) is 59.0. The van der Waals surface area contributed by atoms with E-state index in [0.717, 1.165) is 135 Å². The van der Waals surface area contributed by atoms with E-state index in [0.29, 0.717) is 32.1 Å². The lowest BCUT2D eigenvalue weighted by Crippen LogP contribution is -2.19. The molecule has 2 aromatic rings. The van der Waals surface area contributed by atoms with Crippen molar-refractivity contribution in [1.82, 2.24) is 0 Å². The Bertz CT molecular complexity index is 1690. The fraction of sp³-hybridized carbons (Fsp3) is 0.750. The Morgan fingerprint density at radius 3 is 0.894 bits per heavy atom. The molecule has 6 heteroatoms. The van der Waals surface area contributed by atoms with Crippen LogP contribution in [0.25, 0.3) is 10.8 Å². The third-order valence-corrected chi connectivity index (χ3v) is 13.9. The van der Waals surface area contributed by atoms with E-state index < -0.39 is 0 Å². The second-order valence-corrected chi connectivity index (χ2v) is 19.9. The maximum atomic E-state index is 15.1. The molecular formula is C60H98O6. The topological polar surface area (TPSA) is 106 Å². The number of hydrogen-bond donors (Lipinski definition) is 1. The summed E-state index contributed by atoms with van der Waals surface area (Å²) in [5.41, 5.74) is 0.475. The van der Waals surface area contributed by atoms with E-state index in [9.17, 15) is 24.3 Å². The van der Waals surface area contributed by atoms with Crippen molar-refractivity contribution in [2.24, 2.45) is 0 Å². The van der Waals surface area contributed by atoms with Crippen LogP contribution >= 0.6 is 0 Å². The fourth-order valence-electron chi connectivity index (χ4n) is 9.76. The van der Waals surface area contributed by atoms with Crippen LogP contribution in [0.3, 0.4) is 0 Å². The highest BCUT2D eigenvalue weighted by Gasteiger charge is 2.34.